The van der Waals surface area contributed by atoms with Gasteiger partial charge in [-0.2, -0.15) is 5.10 Å². The third-order valence-electron chi connectivity index (χ3n) is 3.97. The number of ether oxygens (including phenoxy) is 2. The zero-order valence-corrected chi connectivity index (χ0v) is 18.4. The fourth-order valence-electron chi connectivity index (χ4n) is 2.37. The van der Waals surface area contributed by atoms with E-state index in [-0.39, 0.29) is 12.5 Å². The Labute approximate surface area is 187 Å². The normalized spacial score (nSPS) is 10.6. The SMILES string of the molecule is CCOc1ccc(NC(=O)C(=O)N/N=C\c2ccc(OCC(=O)NCC(C)C)cc2)cc1. The van der Waals surface area contributed by atoms with Gasteiger partial charge in [-0.05, 0) is 66.9 Å². The molecule has 2 rings (SSSR count). The van der Waals surface area contributed by atoms with Crippen LogP contribution in [0.5, 0.6) is 11.5 Å². The van der Waals surface area contributed by atoms with Crippen molar-refractivity contribution in [3.05, 3.63) is 54.1 Å². The Balaban J connectivity index is 1.76. The summed E-state index contributed by atoms with van der Waals surface area (Å²) in [6.45, 7) is 6.97. The molecule has 9 heteroatoms. The second kappa shape index (κ2) is 12.7. The molecule has 9 nitrogen and oxygen atoms in total. The van der Waals surface area contributed by atoms with Crippen LogP contribution in [-0.4, -0.2) is 43.7 Å². The lowest BCUT2D eigenvalue weighted by Gasteiger charge is -2.09. The number of rotatable bonds is 10. The van der Waals surface area contributed by atoms with Crippen molar-refractivity contribution in [2.24, 2.45) is 11.0 Å². The second-order valence-electron chi connectivity index (χ2n) is 7.17. The van der Waals surface area contributed by atoms with Crippen LogP contribution in [0.1, 0.15) is 26.3 Å². The Morgan fingerprint density at radius 2 is 1.56 bits per heavy atom. The molecule has 0 saturated heterocycles. The minimum absolute atomic E-state index is 0.0698. The van der Waals surface area contributed by atoms with Crippen LogP contribution in [0.3, 0.4) is 0 Å². The van der Waals surface area contributed by atoms with Crippen LogP contribution in [0.4, 0.5) is 5.69 Å². The van der Waals surface area contributed by atoms with Crippen molar-refractivity contribution in [1.29, 1.82) is 0 Å². The first kappa shape index (κ1) is 24.4. The van der Waals surface area contributed by atoms with E-state index >= 15 is 0 Å². The maximum absolute atomic E-state index is 11.9. The van der Waals surface area contributed by atoms with E-state index in [1.165, 1.54) is 6.21 Å². The van der Waals surface area contributed by atoms with Crippen molar-refractivity contribution >= 4 is 29.6 Å². The van der Waals surface area contributed by atoms with Gasteiger partial charge in [0.25, 0.3) is 5.91 Å². The van der Waals surface area contributed by atoms with Crippen LogP contribution in [0.15, 0.2) is 53.6 Å². The van der Waals surface area contributed by atoms with E-state index < -0.39 is 11.8 Å². The van der Waals surface area contributed by atoms with Gasteiger partial charge in [-0.1, -0.05) is 13.8 Å². The minimum Gasteiger partial charge on any atom is -0.494 e. The molecule has 0 unspecified atom stereocenters. The van der Waals surface area contributed by atoms with Crippen molar-refractivity contribution in [2.45, 2.75) is 20.8 Å². The summed E-state index contributed by atoms with van der Waals surface area (Å²) in [6, 6.07) is 13.4. The minimum atomic E-state index is -0.900. The maximum atomic E-state index is 11.9. The predicted molar refractivity (Wildman–Crippen MR) is 122 cm³/mol. The third kappa shape index (κ3) is 8.86. The van der Waals surface area contributed by atoms with E-state index in [2.05, 4.69) is 21.2 Å². The summed E-state index contributed by atoms with van der Waals surface area (Å²) >= 11 is 0. The molecule has 0 radical (unpaired) electrons. The van der Waals surface area contributed by atoms with Gasteiger partial charge >= 0.3 is 11.8 Å². The van der Waals surface area contributed by atoms with E-state index in [4.69, 9.17) is 9.47 Å². The van der Waals surface area contributed by atoms with E-state index in [9.17, 15) is 14.4 Å². The van der Waals surface area contributed by atoms with E-state index in [1.807, 2.05) is 20.8 Å². The highest BCUT2D eigenvalue weighted by Gasteiger charge is 2.12. The molecule has 32 heavy (non-hydrogen) atoms. The number of nitrogens with one attached hydrogen (secondary N) is 3. The van der Waals surface area contributed by atoms with Crippen LogP contribution in [0.25, 0.3) is 0 Å². The average molecular weight is 441 g/mol. The Kier molecular flexibility index (Phi) is 9.70. The summed E-state index contributed by atoms with van der Waals surface area (Å²) in [5, 5.41) is 9.02. The van der Waals surface area contributed by atoms with Gasteiger partial charge in [0.05, 0.1) is 12.8 Å². The van der Waals surface area contributed by atoms with Gasteiger partial charge in [0.15, 0.2) is 6.61 Å². The molecular weight excluding hydrogens is 412 g/mol. The first-order valence-electron chi connectivity index (χ1n) is 10.2. The highest BCUT2D eigenvalue weighted by Crippen LogP contribution is 2.15. The van der Waals surface area contributed by atoms with Crippen LogP contribution in [0, 0.1) is 5.92 Å². The lowest BCUT2D eigenvalue weighted by atomic mass is 10.2. The van der Waals surface area contributed by atoms with Gasteiger partial charge in [-0.25, -0.2) is 5.43 Å². The van der Waals surface area contributed by atoms with E-state index in [0.717, 1.165) is 0 Å². The lowest BCUT2D eigenvalue weighted by Crippen LogP contribution is -2.32. The second-order valence-corrected chi connectivity index (χ2v) is 7.17. The highest BCUT2D eigenvalue weighted by molar-refractivity contribution is 6.39. The van der Waals surface area contributed by atoms with Crippen LogP contribution < -0.4 is 25.5 Å². The number of anilines is 1. The zero-order chi connectivity index (χ0) is 23.3. The van der Waals surface area contributed by atoms with Crippen LogP contribution in [0.2, 0.25) is 0 Å². The topological polar surface area (TPSA) is 118 Å². The summed E-state index contributed by atoms with van der Waals surface area (Å²) < 4.78 is 10.7. The average Bonchev–Trinajstić information content (AvgIpc) is 2.78. The summed E-state index contributed by atoms with van der Waals surface area (Å²) in [5.41, 5.74) is 3.31. The Morgan fingerprint density at radius 3 is 2.19 bits per heavy atom. The number of hydrazone groups is 1. The van der Waals surface area contributed by atoms with Gasteiger partial charge in [0, 0.05) is 12.2 Å². The van der Waals surface area contributed by atoms with Crippen molar-refractivity contribution in [2.75, 3.05) is 25.1 Å². The largest absolute Gasteiger partial charge is 0.494 e. The molecule has 0 heterocycles. The summed E-state index contributed by atoms with van der Waals surface area (Å²) in [7, 11) is 0. The molecule has 0 aliphatic heterocycles. The van der Waals surface area contributed by atoms with Gasteiger partial charge < -0.3 is 20.1 Å². The number of hydrogen-bond acceptors (Lipinski definition) is 6. The highest BCUT2D eigenvalue weighted by atomic mass is 16.5. The van der Waals surface area contributed by atoms with E-state index in [1.54, 1.807) is 48.5 Å². The van der Waals surface area contributed by atoms with Crippen molar-refractivity contribution in [3.8, 4) is 11.5 Å². The first-order valence-corrected chi connectivity index (χ1v) is 10.2. The quantitative estimate of drug-likeness (QED) is 0.298. The fraction of sp³-hybridized carbons (Fsp3) is 0.304. The molecule has 0 bridgehead atoms. The molecule has 2 aromatic carbocycles. The van der Waals surface area contributed by atoms with Crippen molar-refractivity contribution in [3.63, 3.8) is 0 Å². The number of benzene rings is 2. The molecule has 0 atom stereocenters. The number of amides is 3. The Bertz CT molecular complexity index is 924. The third-order valence-corrected chi connectivity index (χ3v) is 3.97. The van der Waals surface area contributed by atoms with E-state index in [0.29, 0.717) is 41.8 Å². The van der Waals surface area contributed by atoms with Gasteiger partial charge in [0.2, 0.25) is 0 Å². The molecule has 3 amide bonds. The van der Waals surface area contributed by atoms with Crippen molar-refractivity contribution in [1.82, 2.24) is 10.7 Å². The molecular formula is C23H28N4O5. The molecule has 0 fully saturated rings. The first-order chi connectivity index (χ1) is 15.4. The number of hydrogen-bond donors (Lipinski definition) is 3. The fourth-order valence-corrected chi connectivity index (χ4v) is 2.37. The van der Waals surface area contributed by atoms with Gasteiger partial charge in [0.1, 0.15) is 11.5 Å². The maximum Gasteiger partial charge on any atom is 0.329 e. The molecule has 0 spiro atoms. The Hall–Kier alpha value is -3.88. The summed E-state index contributed by atoms with van der Waals surface area (Å²) in [6.07, 6.45) is 1.39. The standard InChI is InChI=1S/C23H28N4O5/c1-4-31-19-11-7-18(8-12-19)26-22(29)23(30)27-25-14-17-5-9-20(10-6-17)32-15-21(28)24-13-16(2)3/h5-12,14,16H,4,13,15H2,1-3H3,(H,24,28)(H,26,29)(H,27,30)/b25-14-. The smallest absolute Gasteiger partial charge is 0.329 e. The molecule has 2 aromatic rings. The van der Waals surface area contributed by atoms with Crippen molar-refractivity contribution < 1.29 is 23.9 Å². The molecule has 0 aliphatic carbocycles. The number of nitrogens with zero attached hydrogens (tertiary/aromatic N) is 1. The van der Waals surface area contributed by atoms with Gasteiger partial charge in [-0.3, -0.25) is 14.4 Å². The Morgan fingerprint density at radius 1 is 0.938 bits per heavy atom. The summed E-state index contributed by atoms with van der Waals surface area (Å²) in [5.74, 6) is -0.355. The molecule has 170 valence electrons. The van der Waals surface area contributed by atoms with Crippen LogP contribution >= 0.6 is 0 Å². The summed E-state index contributed by atoms with van der Waals surface area (Å²) in [4.78, 5) is 35.5. The van der Waals surface area contributed by atoms with Gasteiger partial charge in [-0.15, -0.1) is 0 Å². The molecule has 0 aliphatic rings. The molecule has 0 saturated carbocycles. The molecule has 0 aromatic heterocycles. The number of carbonyl (C=O) groups excluding carboxylic acids is 3. The predicted octanol–water partition coefficient (Wildman–Crippen LogP) is 2.33. The lowest BCUT2D eigenvalue weighted by molar-refractivity contribution is -0.136. The monoisotopic (exact) mass is 440 g/mol. The van der Waals surface area contributed by atoms with Crippen LogP contribution in [-0.2, 0) is 14.4 Å². The zero-order valence-electron chi connectivity index (χ0n) is 18.4. The molecule has 3 N–H and O–H groups in total. The number of carbonyl (C=O) groups is 3.